The second-order valence-corrected chi connectivity index (χ2v) is 5.62. The molecule has 0 atom stereocenters. The number of aromatic nitrogens is 2. The van der Waals surface area contributed by atoms with E-state index in [2.05, 4.69) is 9.97 Å². The summed E-state index contributed by atoms with van der Waals surface area (Å²) < 4.78 is 0. The third-order valence-corrected chi connectivity index (χ3v) is 3.86. The maximum atomic E-state index is 5.90. The Hall–Kier alpha value is -1.84. The van der Waals surface area contributed by atoms with Gasteiger partial charge in [-0.15, -0.1) is 0 Å². The van der Waals surface area contributed by atoms with Crippen molar-refractivity contribution < 1.29 is 0 Å². The van der Waals surface area contributed by atoms with E-state index < -0.39 is 0 Å². The van der Waals surface area contributed by atoms with Crippen LogP contribution in [0.2, 0.25) is 5.02 Å². The number of hydrogen-bond acceptors (Lipinski definition) is 3. The first kappa shape index (κ1) is 13.2. The minimum atomic E-state index is 0.724. The SMILES string of the molecule is Clc1ccc(-c2ccnc(Sc3ccccc3)n2)cc1. The fourth-order valence-electron chi connectivity index (χ4n) is 1.77. The van der Waals surface area contributed by atoms with Crippen molar-refractivity contribution in [3.05, 3.63) is 71.9 Å². The van der Waals surface area contributed by atoms with E-state index in [0.717, 1.165) is 26.3 Å². The Balaban J connectivity index is 1.88. The molecule has 2 aromatic carbocycles. The Labute approximate surface area is 126 Å². The molecule has 0 spiro atoms. The molecule has 0 saturated carbocycles. The van der Waals surface area contributed by atoms with Crippen LogP contribution in [0.3, 0.4) is 0 Å². The summed E-state index contributed by atoms with van der Waals surface area (Å²) in [6.45, 7) is 0. The van der Waals surface area contributed by atoms with Crippen molar-refractivity contribution in [3.63, 3.8) is 0 Å². The second-order valence-electron chi connectivity index (χ2n) is 4.15. The van der Waals surface area contributed by atoms with Crippen molar-refractivity contribution in [2.24, 2.45) is 0 Å². The molecule has 3 aromatic rings. The Kier molecular flexibility index (Phi) is 4.00. The minimum absolute atomic E-state index is 0.724. The lowest BCUT2D eigenvalue weighted by Crippen LogP contribution is -1.89. The average Bonchev–Trinajstić information content (AvgIpc) is 2.49. The first-order valence-corrected chi connectivity index (χ1v) is 7.32. The summed E-state index contributed by atoms with van der Waals surface area (Å²) in [5.74, 6) is 0. The molecule has 0 aliphatic rings. The van der Waals surface area contributed by atoms with Gasteiger partial charge >= 0.3 is 0 Å². The van der Waals surface area contributed by atoms with Gasteiger partial charge in [0, 0.05) is 21.7 Å². The molecule has 0 N–H and O–H groups in total. The zero-order valence-electron chi connectivity index (χ0n) is 10.5. The smallest absolute Gasteiger partial charge is 0.192 e. The fourth-order valence-corrected chi connectivity index (χ4v) is 2.65. The highest BCUT2D eigenvalue weighted by Crippen LogP contribution is 2.26. The highest BCUT2D eigenvalue weighted by molar-refractivity contribution is 7.99. The Morgan fingerprint density at radius 1 is 0.850 bits per heavy atom. The van der Waals surface area contributed by atoms with Crippen LogP contribution in [-0.2, 0) is 0 Å². The molecule has 0 radical (unpaired) electrons. The summed E-state index contributed by atoms with van der Waals surface area (Å²) in [5.41, 5.74) is 1.93. The number of benzene rings is 2. The Morgan fingerprint density at radius 3 is 2.35 bits per heavy atom. The third-order valence-electron chi connectivity index (χ3n) is 2.73. The lowest BCUT2D eigenvalue weighted by Gasteiger charge is -2.04. The standard InChI is InChI=1S/C16H11ClN2S/c17-13-8-6-12(7-9-13)15-10-11-18-16(19-15)20-14-4-2-1-3-5-14/h1-11H. The maximum absolute atomic E-state index is 5.90. The summed E-state index contributed by atoms with van der Waals surface area (Å²) in [6, 6.07) is 19.6. The van der Waals surface area contributed by atoms with Gasteiger partial charge in [0.05, 0.1) is 5.69 Å². The van der Waals surface area contributed by atoms with Gasteiger partial charge in [-0.05, 0) is 42.1 Å². The van der Waals surface area contributed by atoms with Crippen molar-refractivity contribution >= 4 is 23.4 Å². The summed E-state index contributed by atoms with van der Waals surface area (Å²) in [6.07, 6.45) is 1.78. The van der Waals surface area contributed by atoms with E-state index in [1.54, 1.807) is 18.0 Å². The van der Waals surface area contributed by atoms with Crippen LogP contribution >= 0.6 is 23.4 Å². The molecule has 2 nitrogen and oxygen atoms in total. The number of rotatable bonds is 3. The number of halogens is 1. The van der Waals surface area contributed by atoms with Gasteiger partial charge in [0.25, 0.3) is 0 Å². The molecule has 0 fully saturated rings. The van der Waals surface area contributed by atoms with Gasteiger partial charge in [0.15, 0.2) is 5.16 Å². The van der Waals surface area contributed by atoms with Crippen LogP contribution in [0.4, 0.5) is 0 Å². The molecule has 0 amide bonds. The number of nitrogens with zero attached hydrogens (tertiary/aromatic N) is 2. The third kappa shape index (κ3) is 3.18. The van der Waals surface area contributed by atoms with Crippen molar-refractivity contribution in [1.29, 1.82) is 0 Å². The normalized spacial score (nSPS) is 10.4. The van der Waals surface area contributed by atoms with Gasteiger partial charge in [0.1, 0.15) is 0 Å². The highest BCUT2D eigenvalue weighted by atomic mass is 35.5. The molecule has 0 aliphatic carbocycles. The average molecular weight is 299 g/mol. The first-order valence-electron chi connectivity index (χ1n) is 6.13. The van der Waals surface area contributed by atoms with E-state index in [9.17, 15) is 0 Å². The van der Waals surface area contributed by atoms with E-state index in [1.165, 1.54) is 0 Å². The van der Waals surface area contributed by atoms with Gasteiger partial charge in [-0.25, -0.2) is 9.97 Å². The van der Waals surface area contributed by atoms with Crippen molar-refractivity contribution in [3.8, 4) is 11.3 Å². The van der Waals surface area contributed by atoms with Crippen LogP contribution in [0, 0.1) is 0 Å². The topological polar surface area (TPSA) is 25.8 Å². The second kappa shape index (κ2) is 6.07. The van der Waals surface area contributed by atoms with Crippen LogP contribution in [-0.4, -0.2) is 9.97 Å². The highest BCUT2D eigenvalue weighted by Gasteiger charge is 2.04. The fraction of sp³-hybridized carbons (Fsp3) is 0. The molecule has 0 bridgehead atoms. The molecule has 20 heavy (non-hydrogen) atoms. The molecule has 0 unspecified atom stereocenters. The van der Waals surface area contributed by atoms with Gasteiger partial charge in [-0.3, -0.25) is 0 Å². The quantitative estimate of drug-likeness (QED) is 0.640. The zero-order valence-corrected chi connectivity index (χ0v) is 12.1. The Bertz CT molecular complexity index is 699. The monoisotopic (exact) mass is 298 g/mol. The van der Waals surface area contributed by atoms with Crippen LogP contribution in [0.25, 0.3) is 11.3 Å². The zero-order chi connectivity index (χ0) is 13.8. The van der Waals surface area contributed by atoms with Gasteiger partial charge in [-0.2, -0.15) is 0 Å². The van der Waals surface area contributed by atoms with Crippen LogP contribution in [0.5, 0.6) is 0 Å². The molecular weight excluding hydrogens is 288 g/mol. The molecule has 0 aliphatic heterocycles. The predicted molar refractivity (Wildman–Crippen MR) is 83.0 cm³/mol. The summed E-state index contributed by atoms with van der Waals surface area (Å²) >= 11 is 7.45. The van der Waals surface area contributed by atoms with Gasteiger partial charge in [0.2, 0.25) is 0 Å². The summed E-state index contributed by atoms with van der Waals surface area (Å²) in [5, 5.41) is 1.46. The van der Waals surface area contributed by atoms with Gasteiger partial charge < -0.3 is 0 Å². The van der Waals surface area contributed by atoms with E-state index >= 15 is 0 Å². The molecule has 1 aromatic heterocycles. The largest absolute Gasteiger partial charge is 0.231 e. The summed E-state index contributed by atoms with van der Waals surface area (Å²) in [4.78, 5) is 10.0. The molecular formula is C16H11ClN2S. The van der Waals surface area contributed by atoms with E-state index in [0.29, 0.717) is 0 Å². The molecule has 0 saturated heterocycles. The van der Waals surface area contributed by atoms with E-state index in [1.807, 2.05) is 60.7 Å². The van der Waals surface area contributed by atoms with Crippen molar-refractivity contribution in [2.75, 3.05) is 0 Å². The van der Waals surface area contributed by atoms with Crippen molar-refractivity contribution in [2.45, 2.75) is 10.1 Å². The predicted octanol–water partition coefficient (Wildman–Crippen LogP) is 4.95. The number of hydrogen-bond donors (Lipinski definition) is 0. The maximum Gasteiger partial charge on any atom is 0.192 e. The van der Waals surface area contributed by atoms with Crippen LogP contribution in [0.15, 0.2) is 76.9 Å². The summed E-state index contributed by atoms with van der Waals surface area (Å²) in [7, 11) is 0. The lowest BCUT2D eigenvalue weighted by molar-refractivity contribution is 0.973. The van der Waals surface area contributed by atoms with E-state index in [-0.39, 0.29) is 0 Å². The first-order chi connectivity index (χ1) is 9.81. The minimum Gasteiger partial charge on any atom is -0.231 e. The molecule has 1 heterocycles. The Morgan fingerprint density at radius 2 is 1.60 bits per heavy atom. The van der Waals surface area contributed by atoms with Crippen LogP contribution < -0.4 is 0 Å². The lowest BCUT2D eigenvalue weighted by atomic mass is 10.1. The molecule has 4 heteroatoms. The van der Waals surface area contributed by atoms with Crippen LogP contribution in [0.1, 0.15) is 0 Å². The molecule has 3 rings (SSSR count). The van der Waals surface area contributed by atoms with Gasteiger partial charge in [-0.1, -0.05) is 41.9 Å². The molecule has 98 valence electrons. The van der Waals surface area contributed by atoms with E-state index in [4.69, 9.17) is 11.6 Å². The van der Waals surface area contributed by atoms with Crippen molar-refractivity contribution in [1.82, 2.24) is 9.97 Å².